The van der Waals surface area contributed by atoms with Gasteiger partial charge in [-0.3, -0.25) is 4.99 Å². The summed E-state index contributed by atoms with van der Waals surface area (Å²) in [5.41, 5.74) is 0. The Labute approximate surface area is 138 Å². The van der Waals surface area contributed by atoms with Crippen molar-refractivity contribution in [2.24, 2.45) is 4.99 Å². The third-order valence-corrected chi connectivity index (χ3v) is 3.35. The van der Waals surface area contributed by atoms with Gasteiger partial charge in [0.2, 0.25) is 0 Å². The number of likely N-dealkylation sites (N-methyl/N-ethyl adjacent to an activating group) is 1. The lowest BCUT2D eigenvalue weighted by atomic mass is 10.3. The molecule has 0 radical (unpaired) electrons. The van der Waals surface area contributed by atoms with Gasteiger partial charge in [0.05, 0.1) is 19.3 Å². The maximum Gasteiger partial charge on any atom is 0.191 e. The van der Waals surface area contributed by atoms with Crippen LogP contribution in [0.4, 0.5) is 0 Å². The molecule has 5 nitrogen and oxygen atoms in total. The predicted octanol–water partition coefficient (Wildman–Crippen LogP) is 0.853. The van der Waals surface area contributed by atoms with Crippen LogP contribution >= 0.6 is 35.7 Å². The Morgan fingerprint density at radius 3 is 2.89 bits per heavy atom. The summed E-state index contributed by atoms with van der Waals surface area (Å²) in [6.45, 7) is 7.43. The van der Waals surface area contributed by atoms with Gasteiger partial charge in [0.25, 0.3) is 0 Å². The fourth-order valence-corrected chi connectivity index (χ4v) is 2.09. The van der Waals surface area contributed by atoms with E-state index < -0.39 is 0 Å². The molecule has 1 saturated heterocycles. The van der Waals surface area contributed by atoms with E-state index in [4.69, 9.17) is 4.74 Å². The first kappa shape index (κ1) is 19.3. The van der Waals surface area contributed by atoms with E-state index in [1.54, 1.807) is 0 Å². The number of rotatable bonds is 6. The van der Waals surface area contributed by atoms with Crippen LogP contribution in [0.15, 0.2) is 4.99 Å². The van der Waals surface area contributed by atoms with Crippen molar-refractivity contribution in [2.45, 2.75) is 13.0 Å². The second-order valence-corrected chi connectivity index (χ2v) is 5.38. The first-order chi connectivity index (χ1) is 8.76. The fraction of sp³-hybridized carbons (Fsp3) is 0.917. The van der Waals surface area contributed by atoms with E-state index in [-0.39, 0.29) is 30.1 Å². The molecule has 0 bridgehead atoms. The maximum absolute atomic E-state index is 5.69. The van der Waals surface area contributed by atoms with Gasteiger partial charge >= 0.3 is 0 Å². The molecule has 19 heavy (non-hydrogen) atoms. The van der Waals surface area contributed by atoms with E-state index in [2.05, 4.69) is 40.8 Å². The Bertz CT molecular complexity index is 256. The van der Waals surface area contributed by atoms with Gasteiger partial charge in [-0.1, -0.05) is 0 Å². The highest BCUT2D eigenvalue weighted by Crippen LogP contribution is 2.02. The zero-order valence-electron chi connectivity index (χ0n) is 12.1. The van der Waals surface area contributed by atoms with Crippen LogP contribution in [0.1, 0.15) is 6.92 Å². The van der Waals surface area contributed by atoms with E-state index in [0.29, 0.717) is 0 Å². The van der Waals surface area contributed by atoms with Crippen molar-refractivity contribution in [2.75, 3.05) is 58.4 Å². The van der Waals surface area contributed by atoms with Crippen LogP contribution < -0.4 is 10.6 Å². The molecule has 0 saturated carbocycles. The van der Waals surface area contributed by atoms with E-state index in [1.807, 2.05) is 11.8 Å². The number of morpholine rings is 1. The summed E-state index contributed by atoms with van der Waals surface area (Å²) in [6, 6.07) is 0. The molecular weight excluding hydrogens is 375 g/mol. The van der Waals surface area contributed by atoms with Crippen LogP contribution in [-0.2, 0) is 4.74 Å². The summed E-state index contributed by atoms with van der Waals surface area (Å²) < 4.78 is 5.69. The first-order valence-corrected chi connectivity index (χ1v) is 7.97. The number of guanidine groups is 1. The Balaban J connectivity index is 0.00000324. The molecule has 1 aliphatic rings. The standard InChI is InChI=1S/C12H26N4OS.HI/c1-4-13-12(14-5-8-18-3)15-9-11-10-16(2)6-7-17-11;/h11H,4-10H2,1-3H3,(H2,13,14,15);1H. The van der Waals surface area contributed by atoms with Crippen LogP contribution in [0.25, 0.3) is 0 Å². The molecule has 1 atom stereocenters. The lowest BCUT2D eigenvalue weighted by Crippen LogP contribution is -2.43. The first-order valence-electron chi connectivity index (χ1n) is 6.57. The zero-order chi connectivity index (χ0) is 13.2. The summed E-state index contributed by atoms with van der Waals surface area (Å²) in [6.07, 6.45) is 2.33. The highest BCUT2D eigenvalue weighted by molar-refractivity contribution is 14.0. The van der Waals surface area contributed by atoms with Gasteiger partial charge < -0.3 is 20.3 Å². The van der Waals surface area contributed by atoms with E-state index >= 15 is 0 Å². The number of halogens is 1. The molecule has 1 rings (SSSR count). The van der Waals surface area contributed by atoms with Gasteiger partial charge in [0, 0.05) is 31.9 Å². The number of hydrogen-bond donors (Lipinski definition) is 2. The third kappa shape index (κ3) is 8.93. The van der Waals surface area contributed by atoms with Crippen molar-refractivity contribution in [3.8, 4) is 0 Å². The molecule has 0 aromatic carbocycles. The Hall–Kier alpha value is 0.270. The van der Waals surface area contributed by atoms with Crippen molar-refractivity contribution >= 4 is 41.7 Å². The molecule has 0 amide bonds. The zero-order valence-corrected chi connectivity index (χ0v) is 15.3. The van der Waals surface area contributed by atoms with Gasteiger partial charge in [-0.25, -0.2) is 0 Å². The molecule has 1 fully saturated rings. The largest absolute Gasteiger partial charge is 0.374 e. The van der Waals surface area contributed by atoms with Crippen LogP contribution in [0.5, 0.6) is 0 Å². The molecule has 1 aliphatic heterocycles. The van der Waals surface area contributed by atoms with Gasteiger partial charge in [-0.2, -0.15) is 11.8 Å². The Morgan fingerprint density at radius 2 is 2.26 bits per heavy atom. The van der Waals surface area contributed by atoms with Crippen LogP contribution in [0.2, 0.25) is 0 Å². The molecule has 0 aliphatic carbocycles. The fourth-order valence-electron chi connectivity index (χ4n) is 1.78. The third-order valence-electron chi connectivity index (χ3n) is 2.74. The molecule has 0 aromatic rings. The number of nitrogens with zero attached hydrogens (tertiary/aromatic N) is 2. The topological polar surface area (TPSA) is 48.9 Å². The minimum Gasteiger partial charge on any atom is -0.374 e. The Kier molecular flexibility index (Phi) is 12.2. The second kappa shape index (κ2) is 12.0. The molecular formula is C12H27IN4OS. The molecule has 2 N–H and O–H groups in total. The van der Waals surface area contributed by atoms with E-state index in [9.17, 15) is 0 Å². The highest BCUT2D eigenvalue weighted by Gasteiger charge is 2.17. The lowest BCUT2D eigenvalue weighted by Gasteiger charge is -2.29. The smallest absolute Gasteiger partial charge is 0.191 e. The number of hydrogen-bond acceptors (Lipinski definition) is 4. The van der Waals surface area contributed by atoms with Crippen molar-refractivity contribution in [1.82, 2.24) is 15.5 Å². The number of ether oxygens (including phenoxy) is 1. The maximum atomic E-state index is 5.69. The summed E-state index contributed by atoms with van der Waals surface area (Å²) in [7, 11) is 2.13. The minimum atomic E-state index is 0. The monoisotopic (exact) mass is 402 g/mol. The van der Waals surface area contributed by atoms with Gasteiger partial charge in [0.1, 0.15) is 0 Å². The summed E-state index contributed by atoms with van der Waals surface area (Å²) in [4.78, 5) is 6.87. The minimum absolute atomic E-state index is 0. The van der Waals surface area contributed by atoms with Crippen molar-refractivity contribution in [3.63, 3.8) is 0 Å². The number of thioether (sulfide) groups is 1. The van der Waals surface area contributed by atoms with Crippen molar-refractivity contribution in [3.05, 3.63) is 0 Å². The van der Waals surface area contributed by atoms with Crippen LogP contribution in [0, 0.1) is 0 Å². The Morgan fingerprint density at radius 1 is 1.47 bits per heavy atom. The molecule has 114 valence electrons. The molecule has 1 heterocycles. The lowest BCUT2D eigenvalue weighted by molar-refractivity contribution is -0.0136. The number of nitrogens with one attached hydrogen (secondary N) is 2. The van der Waals surface area contributed by atoms with Gasteiger partial charge in [-0.15, -0.1) is 24.0 Å². The summed E-state index contributed by atoms with van der Waals surface area (Å²) in [5.74, 6) is 1.98. The quantitative estimate of drug-likeness (QED) is 0.299. The molecule has 0 spiro atoms. The average molecular weight is 402 g/mol. The van der Waals surface area contributed by atoms with Crippen molar-refractivity contribution in [1.29, 1.82) is 0 Å². The molecule has 7 heteroatoms. The van der Waals surface area contributed by atoms with Gasteiger partial charge in [-0.05, 0) is 20.2 Å². The highest BCUT2D eigenvalue weighted by atomic mass is 127. The average Bonchev–Trinajstić information content (AvgIpc) is 2.36. The van der Waals surface area contributed by atoms with E-state index in [1.165, 1.54) is 0 Å². The van der Waals surface area contributed by atoms with Crippen molar-refractivity contribution < 1.29 is 4.74 Å². The molecule has 0 aromatic heterocycles. The van der Waals surface area contributed by atoms with E-state index in [0.717, 1.165) is 51.0 Å². The predicted molar refractivity (Wildman–Crippen MR) is 95.0 cm³/mol. The number of aliphatic imine (C=N–C) groups is 1. The summed E-state index contributed by atoms with van der Waals surface area (Å²) in [5, 5.41) is 6.57. The van der Waals surface area contributed by atoms with Gasteiger partial charge in [0.15, 0.2) is 5.96 Å². The molecule has 1 unspecified atom stereocenters. The normalized spacial score (nSPS) is 20.8. The van der Waals surface area contributed by atoms with Crippen LogP contribution in [-0.4, -0.2) is 75.4 Å². The van der Waals surface area contributed by atoms with Crippen LogP contribution in [0.3, 0.4) is 0 Å². The SMILES string of the molecule is CCNC(=NCC1CN(C)CCO1)NCCSC.I. The second-order valence-electron chi connectivity index (χ2n) is 4.39. The summed E-state index contributed by atoms with van der Waals surface area (Å²) >= 11 is 1.83.